The molecule has 2 atom stereocenters. The summed E-state index contributed by atoms with van der Waals surface area (Å²) in [6.07, 6.45) is 16.2. The predicted octanol–water partition coefficient (Wildman–Crippen LogP) is 5.44. The SMILES string of the molecule is N=C(c1cnc2ccccc2c1)c1c(N)ncc2c1N[C@@H]1CCCC(C1)NC(=O)CCCCC/C=C/2. The number of hydrogen-bond donors (Lipinski definition) is 4. The maximum absolute atomic E-state index is 12.5. The van der Waals surface area contributed by atoms with Crippen molar-refractivity contribution in [2.24, 2.45) is 0 Å². The number of nitrogen functional groups attached to an aromatic ring is 1. The second-order valence-electron chi connectivity index (χ2n) is 9.91. The van der Waals surface area contributed by atoms with Gasteiger partial charge in [0.05, 0.1) is 22.5 Å². The van der Waals surface area contributed by atoms with Crippen LogP contribution < -0.4 is 16.4 Å². The van der Waals surface area contributed by atoms with E-state index in [4.69, 9.17) is 11.1 Å². The van der Waals surface area contributed by atoms with Gasteiger partial charge >= 0.3 is 0 Å². The van der Waals surface area contributed by atoms with E-state index >= 15 is 0 Å². The molecule has 2 aliphatic rings. The zero-order valence-corrected chi connectivity index (χ0v) is 20.6. The van der Waals surface area contributed by atoms with Crippen LogP contribution in [0.3, 0.4) is 0 Å². The average molecular weight is 483 g/mol. The second-order valence-corrected chi connectivity index (χ2v) is 9.91. The van der Waals surface area contributed by atoms with Crippen LogP contribution in [0.4, 0.5) is 11.5 Å². The lowest BCUT2D eigenvalue weighted by atomic mass is 9.89. The quantitative estimate of drug-likeness (QED) is 0.363. The van der Waals surface area contributed by atoms with Gasteiger partial charge in [-0.05, 0) is 57.1 Å². The molecule has 36 heavy (non-hydrogen) atoms. The number of carbonyl (C=O) groups is 1. The van der Waals surface area contributed by atoms with Crippen molar-refractivity contribution < 1.29 is 4.79 Å². The number of fused-ring (bicyclic) bond motifs is 4. The molecule has 0 spiro atoms. The first kappa shape index (κ1) is 24.0. The topological polar surface area (TPSA) is 117 Å². The molecule has 1 aliphatic carbocycles. The number of hydrogen-bond acceptors (Lipinski definition) is 6. The fourth-order valence-electron chi connectivity index (χ4n) is 5.32. The highest BCUT2D eigenvalue weighted by atomic mass is 16.1. The van der Waals surface area contributed by atoms with Crippen molar-refractivity contribution >= 4 is 40.1 Å². The lowest BCUT2D eigenvalue weighted by Gasteiger charge is -2.32. The molecular formula is C29H34N6O. The molecule has 2 bridgehead atoms. The molecule has 0 radical (unpaired) electrons. The van der Waals surface area contributed by atoms with Crippen molar-refractivity contribution in [1.82, 2.24) is 15.3 Å². The van der Waals surface area contributed by atoms with Crippen LogP contribution in [0.15, 0.2) is 48.8 Å². The van der Waals surface area contributed by atoms with E-state index in [1.54, 1.807) is 12.4 Å². The normalized spacial score (nSPS) is 21.8. The van der Waals surface area contributed by atoms with Crippen LogP contribution in [-0.2, 0) is 4.79 Å². The van der Waals surface area contributed by atoms with Crippen LogP contribution in [0.25, 0.3) is 17.0 Å². The molecule has 7 nitrogen and oxygen atoms in total. The molecular weight excluding hydrogens is 448 g/mol. The van der Waals surface area contributed by atoms with Gasteiger partial charge in [0, 0.05) is 47.4 Å². The van der Waals surface area contributed by atoms with Crippen LogP contribution in [-0.4, -0.2) is 33.7 Å². The van der Waals surface area contributed by atoms with E-state index in [9.17, 15) is 4.79 Å². The maximum atomic E-state index is 12.5. The number of anilines is 2. The number of rotatable bonds is 2. The largest absolute Gasteiger partial charge is 0.383 e. The van der Waals surface area contributed by atoms with Crippen molar-refractivity contribution in [2.75, 3.05) is 11.1 Å². The first-order valence-electron chi connectivity index (χ1n) is 13.0. The summed E-state index contributed by atoms with van der Waals surface area (Å²) in [6, 6.07) is 10.2. The lowest BCUT2D eigenvalue weighted by Crippen LogP contribution is -2.42. The van der Waals surface area contributed by atoms with Gasteiger partial charge in [-0.1, -0.05) is 36.8 Å². The number of amides is 1. The Morgan fingerprint density at radius 1 is 1.00 bits per heavy atom. The summed E-state index contributed by atoms with van der Waals surface area (Å²) >= 11 is 0. The summed E-state index contributed by atoms with van der Waals surface area (Å²) in [5.41, 5.74) is 10.7. The molecule has 1 unspecified atom stereocenters. The third kappa shape index (κ3) is 5.40. The molecule has 186 valence electrons. The van der Waals surface area contributed by atoms with Crippen molar-refractivity contribution in [3.05, 3.63) is 65.5 Å². The lowest BCUT2D eigenvalue weighted by molar-refractivity contribution is -0.122. The summed E-state index contributed by atoms with van der Waals surface area (Å²) < 4.78 is 0. The number of para-hydroxylation sites is 1. The van der Waals surface area contributed by atoms with Gasteiger partial charge in [-0.2, -0.15) is 0 Å². The van der Waals surface area contributed by atoms with Gasteiger partial charge in [0.2, 0.25) is 5.91 Å². The smallest absolute Gasteiger partial charge is 0.220 e. The highest BCUT2D eigenvalue weighted by Gasteiger charge is 2.26. The Labute approximate surface area is 212 Å². The monoisotopic (exact) mass is 482 g/mol. The Morgan fingerprint density at radius 3 is 2.72 bits per heavy atom. The molecule has 0 saturated heterocycles. The molecule has 1 aliphatic heterocycles. The molecule has 1 amide bonds. The van der Waals surface area contributed by atoms with Crippen molar-refractivity contribution in [2.45, 2.75) is 69.9 Å². The summed E-state index contributed by atoms with van der Waals surface area (Å²) in [5.74, 6) is 0.484. The van der Waals surface area contributed by atoms with Gasteiger partial charge in [-0.15, -0.1) is 0 Å². The Balaban J connectivity index is 1.54. The number of nitrogens with two attached hydrogens (primary N) is 1. The van der Waals surface area contributed by atoms with Gasteiger partial charge in [-0.3, -0.25) is 15.2 Å². The van der Waals surface area contributed by atoms with Crippen LogP contribution >= 0.6 is 0 Å². The Kier molecular flexibility index (Phi) is 7.26. The van der Waals surface area contributed by atoms with E-state index < -0.39 is 0 Å². The van der Waals surface area contributed by atoms with Crippen LogP contribution in [0.5, 0.6) is 0 Å². The molecule has 1 saturated carbocycles. The number of allylic oxidation sites excluding steroid dienone is 1. The number of nitrogens with one attached hydrogen (secondary N) is 3. The molecule has 5 rings (SSSR count). The van der Waals surface area contributed by atoms with Gasteiger partial charge in [0.15, 0.2) is 0 Å². The van der Waals surface area contributed by atoms with Crippen LogP contribution in [0.2, 0.25) is 0 Å². The Bertz CT molecular complexity index is 1300. The van der Waals surface area contributed by atoms with E-state index in [-0.39, 0.29) is 18.0 Å². The van der Waals surface area contributed by atoms with E-state index in [1.807, 2.05) is 30.3 Å². The van der Waals surface area contributed by atoms with E-state index in [0.29, 0.717) is 29.1 Å². The molecule has 5 N–H and O–H groups in total. The standard InChI is InChI=1S/C29H34N6O/c30-27(21-15-19-9-6-7-13-24(19)32-18-21)26-28-20(17-33-29(26)31)10-4-2-1-3-5-14-25(36)34-22-11-8-12-23(16-22)35-28/h4,6-7,9-10,13,15,17-18,22-23,30,35H,1-3,5,8,11-12,14,16H2,(H2,31,33)(H,34,36)/b10-4+,30-27?/t22?,23-/m1/s1. The molecule has 2 aromatic heterocycles. The first-order valence-corrected chi connectivity index (χ1v) is 13.0. The number of carbonyl (C=O) groups excluding carboxylic acids is 1. The number of nitrogens with zero attached hydrogens (tertiary/aromatic N) is 2. The summed E-state index contributed by atoms with van der Waals surface area (Å²) in [7, 11) is 0. The predicted molar refractivity (Wildman–Crippen MR) is 146 cm³/mol. The summed E-state index contributed by atoms with van der Waals surface area (Å²) in [6.45, 7) is 0. The minimum atomic E-state index is 0.158. The van der Waals surface area contributed by atoms with Crippen molar-refractivity contribution in [3.63, 3.8) is 0 Å². The highest BCUT2D eigenvalue weighted by Crippen LogP contribution is 2.32. The first-order chi connectivity index (χ1) is 17.6. The fourth-order valence-corrected chi connectivity index (χ4v) is 5.32. The van der Waals surface area contributed by atoms with Crippen molar-refractivity contribution in [1.29, 1.82) is 5.41 Å². The highest BCUT2D eigenvalue weighted by molar-refractivity contribution is 6.18. The van der Waals surface area contributed by atoms with E-state index in [0.717, 1.165) is 73.5 Å². The number of aromatic nitrogens is 2. The zero-order valence-electron chi connectivity index (χ0n) is 20.6. The average Bonchev–Trinajstić information content (AvgIpc) is 2.89. The third-order valence-electron chi connectivity index (χ3n) is 7.23. The molecule has 1 aromatic carbocycles. The van der Waals surface area contributed by atoms with Crippen LogP contribution in [0, 0.1) is 5.41 Å². The molecule has 1 fully saturated rings. The van der Waals surface area contributed by atoms with Crippen molar-refractivity contribution in [3.8, 4) is 0 Å². The number of pyridine rings is 2. The number of benzene rings is 1. The minimum Gasteiger partial charge on any atom is -0.383 e. The zero-order chi connectivity index (χ0) is 24.9. The molecule has 3 heterocycles. The van der Waals surface area contributed by atoms with Crippen LogP contribution in [0.1, 0.15) is 74.5 Å². The van der Waals surface area contributed by atoms with Gasteiger partial charge in [0.1, 0.15) is 5.82 Å². The van der Waals surface area contributed by atoms with Gasteiger partial charge < -0.3 is 16.4 Å². The Hall–Kier alpha value is -3.74. The summed E-state index contributed by atoms with van der Waals surface area (Å²) in [5, 5.41) is 17.1. The fraction of sp³-hybridized carbons (Fsp3) is 0.379. The molecule has 3 aromatic rings. The summed E-state index contributed by atoms with van der Waals surface area (Å²) in [4.78, 5) is 21.5. The van der Waals surface area contributed by atoms with Gasteiger partial charge in [0.25, 0.3) is 0 Å². The maximum Gasteiger partial charge on any atom is 0.220 e. The second kappa shape index (κ2) is 10.9. The van der Waals surface area contributed by atoms with E-state index in [1.165, 1.54) is 0 Å². The molecule has 7 heteroatoms. The minimum absolute atomic E-state index is 0.158. The van der Waals surface area contributed by atoms with Gasteiger partial charge in [-0.25, -0.2) is 4.98 Å². The Morgan fingerprint density at radius 2 is 1.83 bits per heavy atom. The third-order valence-corrected chi connectivity index (χ3v) is 7.23. The van der Waals surface area contributed by atoms with E-state index in [2.05, 4.69) is 32.8 Å².